The van der Waals surface area contributed by atoms with Gasteiger partial charge in [-0.25, -0.2) is 0 Å². The average molecular weight is 480 g/mol. The number of fused-ring (bicyclic) bond motifs is 8. The summed E-state index contributed by atoms with van der Waals surface area (Å²) in [5.74, 6) is 0.0688. The molecule has 1 unspecified atom stereocenters. The highest BCUT2D eigenvalue weighted by Gasteiger charge is 2.47. The zero-order valence-corrected chi connectivity index (χ0v) is 21.1. The third-order valence-corrected chi connectivity index (χ3v) is 7.76. The van der Waals surface area contributed by atoms with Crippen LogP contribution in [0, 0.1) is 12.3 Å². The van der Waals surface area contributed by atoms with Gasteiger partial charge in [-0.1, -0.05) is 91.5 Å². The summed E-state index contributed by atoms with van der Waals surface area (Å²) in [4.78, 5) is 0. The lowest BCUT2D eigenvalue weighted by molar-refractivity contribution is 0.772. The second-order valence-corrected chi connectivity index (χ2v) is 9.87. The van der Waals surface area contributed by atoms with Gasteiger partial charge in [0.2, 0.25) is 0 Å². The second kappa shape index (κ2) is 8.49. The topological polar surface area (TPSA) is 61.9 Å². The summed E-state index contributed by atoms with van der Waals surface area (Å²) >= 11 is 0. The Morgan fingerprint density at radius 2 is 1.54 bits per heavy atom. The molecule has 0 bridgehead atoms. The Labute approximate surface area is 218 Å². The minimum absolute atomic E-state index is 0.0688. The van der Waals surface area contributed by atoms with E-state index in [1.54, 1.807) is 0 Å². The number of anilines is 2. The Kier molecular flexibility index (Phi) is 5.24. The van der Waals surface area contributed by atoms with E-state index in [1.807, 2.05) is 6.07 Å². The van der Waals surface area contributed by atoms with Crippen LogP contribution in [0.5, 0.6) is 0 Å². The second-order valence-electron chi connectivity index (χ2n) is 9.87. The number of hydrogen-bond acceptors (Lipinski definition) is 2. The van der Waals surface area contributed by atoms with Crippen LogP contribution in [0.25, 0.3) is 16.7 Å². The smallest absolute Gasteiger partial charge is 0.122 e. The van der Waals surface area contributed by atoms with Crippen LogP contribution in [-0.2, 0) is 5.41 Å². The quantitative estimate of drug-likeness (QED) is 0.192. The molecule has 180 valence electrons. The van der Waals surface area contributed by atoms with Gasteiger partial charge in [0.05, 0.1) is 5.41 Å². The van der Waals surface area contributed by atoms with Gasteiger partial charge in [-0.05, 0) is 76.6 Å². The fraction of sp³-hybridized carbons (Fsp3) is 0.0882. The molecule has 3 nitrogen and oxygen atoms in total. The number of hydrogen-bond donors (Lipinski definition) is 3. The van der Waals surface area contributed by atoms with Gasteiger partial charge in [0, 0.05) is 22.5 Å². The first-order valence-electron chi connectivity index (χ1n) is 12.5. The maximum absolute atomic E-state index is 8.09. The lowest BCUT2D eigenvalue weighted by Crippen LogP contribution is -2.29. The van der Waals surface area contributed by atoms with Gasteiger partial charge in [-0.2, -0.15) is 0 Å². The summed E-state index contributed by atoms with van der Waals surface area (Å²) in [7, 11) is 0. The molecule has 2 aliphatic rings. The highest BCUT2D eigenvalue weighted by atomic mass is 14.9. The van der Waals surface area contributed by atoms with Crippen LogP contribution in [0.4, 0.5) is 11.4 Å². The third kappa shape index (κ3) is 3.31. The average Bonchev–Trinajstić information content (AvgIpc) is 3.19. The van der Waals surface area contributed by atoms with Crippen molar-refractivity contribution < 1.29 is 0 Å². The summed E-state index contributed by atoms with van der Waals surface area (Å²) in [6.07, 6.45) is 6.41. The molecule has 1 aliphatic heterocycles. The monoisotopic (exact) mass is 479 g/mol. The molecule has 0 aromatic heterocycles. The minimum Gasteiger partial charge on any atom is -0.384 e. The first kappa shape index (κ1) is 22.8. The molecule has 4 aromatic rings. The van der Waals surface area contributed by atoms with Crippen molar-refractivity contribution in [2.45, 2.75) is 19.3 Å². The van der Waals surface area contributed by atoms with Crippen molar-refractivity contribution in [3.05, 3.63) is 149 Å². The van der Waals surface area contributed by atoms with E-state index >= 15 is 0 Å². The zero-order chi connectivity index (χ0) is 25.7. The molecule has 6 rings (SSSR count). The van der Waals surface area contributed by atoms with E-state index in [1.165, 1.54) is 22.3 Å². The fourth-order valence-corrected chi connectivity index (χ4v) is 6.06. The molecule has 0 amide bonds. The van der Waals surface area contributed by atoms with Crippen LogP contribution in [0.1, 0.15) is 40.3 Å². The van der Waals surface area contributed by atoms with Crippen molar-refractivity contribution in [1.29, 1.82) is 5.41 Å². The lowest BCUT2D eigenvalue weighted by atomic mass is 9.67. The number of amidine groups is 1. The molecule has 0 radical (unpaired) electrons. The van der Waals surface area contributed by atoms with Crippen molar-refractivity contribution >= 4 is 22.8 Å². The minimum atomic E-state index is -0.618. The summed E-state index contributed by atoms with van der Waals surface area (Å²) < 4.78 is 0. The summed E-state index contributed by atoms with van der Waals surface area (Å²) in [5, 5.41) is 11.9. The van der Waals surface area contributed by atoms with Crippen molar-refractivity contribution in [3.8, 4) is 11.1 Å². The first-order valence-corrected chi connectivity index (χ1v) is 12.5. The normalized spacial score (nSPS) is 19.8. The number of benzene rings is 4. The summed E-state index contributed by atoms with van der Waals surface area (Å²) in [6, 6.07) is 29.6. The maximum atomic E-state index is 8.09. The molecular weight excluding hydrogens is 450 g/mol. The summed E-state index contributed by atoms with van der Waals surface area (Å²) in [6.45, 7) is 8.99. The Morgan fingerprint density at radius 1 is 0.811 bits per heavy atom. The molecule has 1 aliphatic carbocycles. The lowest BCUT2D eigenvalue weighted by Gasteiger charge is -2.36. The van der Waals surface area contributed by atoms with Gasteiger partial charge in [0.25, 0.3) is 0 Å². The number of nitrogens with one attached hydrogen (secondary N) is 2. The molecule has 4 N–H and O–H groups in total. The Bertz CT molecular complexity index is 1670. The van der Waals surface area contributed by atoms with E-state index < -0.39 is 5.41 Å². The molecular formula is C34H29N3. The highest BCUT2D eigenvalue weighted by Crippen LogP contribution is 2.58. The predicted octanol–water partition coefficient (Wildman–Crippen LogP) is 7.87. The van der Waals surface area contributed by atoms with Gasteiger partial charge >= 0.3 is 0 Å². The number of para-hydroxylation sites is 2. The standard InChI is InChI=1S/C34H29N3/c1-21-10-8-12-23(3)34(28-14-5-7-17-31(28)37-30-16-6-4-13-25(21)30)27-19-18-24(33(35)36)20-26(27)32-22(2)11-9-15-29(32)34/h4-20,37H,3H2,1-2H3,(H3,35,36)/b12-8-,21-10+. The van der Waals surface area contributed by atoms with Gasteiger partial charge in [0.1, 0.15) is 5.84 Å². The molecule has 4 aromatic carbocycles. The van der Waals surface area contributed by atoms with Crippen LogP contribution in [0.3, 0.4) is 0 Å². The van der Waals surface area contributed by atoms with Gasteiger partial charge < -0.3 is 11.1 Å². The molecule has 3 heteroatoms. The van der Waals surface area contributed by atoms with Crippen LogP contribution < -0.4 is 11.1 Å². The Morgan fingerprint density at radius 3 is 2.35 bits per heavy atom. The van der Waals surface area contributed by atoms with Crippen LogP contribution in [0.15, 0.2) is 115 Å². The van der Waals surface area contributed by atoms with Gasteiger partial charge in [-0.3, -0.25) is 5.41 Å². The van der Waals surface area contributed by atoms with E-state index in [2.05, 4.69) is 116 Å². The van der Waals surface area contributed by atoms with Crippen molar-refractivity contribution in [3.63, 3.8) is 0 Å². The number of nitrogen functional groups attached to an aromatic ring is 1. The van der Waals surface area contributed by atoms with E-state index in [0.29, 0.717) is 0 Å². The predicted molar refractivity (Wildman–Crippen MR) is 156 cm³/mol. The number of aryl methyl sites for hydroxylation is 1. The molecule has 37 heavy (non-hydrogen) atoms. The Hall–Kier alpha value is -4.63. The highest BCUT2D eigenvalue weighted by molar-refractivity contribution is 5.99. The van der Waals surface area contributed by atoms with E-state index in [4.69, 9.17) is 17.7 Å². The molecule has 1 atom stereocenters. The molecule has 0 saturated carbocycles. The number of allylic oxidation sites excluding steroid dienone is 5. The van der Waals surface area contributed by atoms with Crippen molar-refractivity contribution in [1.82, 2.24) is 0 Å². The van der Waals surface area contributed by atoms with E-state index in [-0.39, 0.29) is 5.84 Å². The third-order valence-electron chi connectivity index (χ3n) is 7.76. The van der Waals surface area contributed by atoms with Crippen molar-refractivity contribution in [2.24, 2.45) is 5.73 Å². The van der Waals surface area contributed by atoms with Crippen LogP contribution in [-0.4, -0.2) is 5.84 Å². The van der Waals surface area contributed by atoms with E-state index in [0.717, 1.165) is 44.8 Å². The SMILES string of the molecule is C=C1/C=C\C=C(/C)c2ccccc2Nc2ccccc2C12c1ccc(C(=N)N)cc1-c1c(C)cccc12. The summed E-state index contributed by atoms with van der Waals surface area (Å²) in [5.41, 5.74) is 18.4. The molecule has 1 spiro atoms. The van der Waals surface area contributed by atoms with Crippen molar-refractivity contribution in [2.75, 3.05) is 5.32 Å². The van der Waals surface area contributed by atoms with Crippen LogP contribution >= 0.6 is 0 Å². The van der Waals surface area contributed by atoms with Gasteiger partial charge in [-0.15, -0.1) is 0 Å². The number of rotatable bonds is 1. The fourth-order valence-electron chi connectivity index (χ4n) is 6.06. The van der Waals surface area contributed by atoms with Gasteiger partial charge in [0.15, 0.2) is 0 Å². The molecule has 0 saturated heterocycles. The first-order chi connectivity index (χ1) is 17.9. The van der Waals surface area contributed by atoms with Crippen LogP contribution in [0.2, 0.25) is 0 Å². The number of nitrogens with two attached hydrogens (primary N) is 1. The molecule has 1 heterocycles. The largest absolute Gasteiger partial charge is 0.384 e. The maximum Gasteiger partial charge on any atom is 0.122 e. The zero-order valence-electron chi connectivity index (χ0n) is 21.1. The molecule has 0 fully saturated rings. The van der Waals surface area contributed by atoms with E-state index in [9.17, 15) is 0 Å². The Balaban J connectivity index is 1.75.